The normalized spacial score (nSPS) is 10.2. The molecule has 0 saturated carbocycles. The molecule has 0 unspecified atom stereocenters. The fourth-order valence-corrected chi connectivity index (χ4v) is 2.16. The van der Waals surface area contributed by atoms with Gasteiger partial charge in [0, 0.05) is 4.47 Å². The van der Waals surface area contributed by atoms with Crippen LogP contribution >= 0.6 is 15.9 Å². The summed E-state index contributed by atoms with van der Waals surface area (Å²) in [4.78, 5) is 0. The van der Waals surface area contributed by atoms with Crippen molar-refractivity contribution in [1.29, 1.82) is 0 Å². The van der Waals surface area contributed by atoms with Crippen LogP contribution in [-0.2, 0) is 0 Å². The van der Waals surface area contributed by atoms with E-state index < -0.39 is 0 Å². The first-order valence-electron chi connectivity index (χ1n) is 5.53. The van der Waals surface area contributed by atoms with Gasteiger partial charge in [0.05, 0.1) is 0 Å². The van der Waals surface area contributed by atoms with E-state index in [0.717, 1.165) is 4.47 Å². The molecule has 0 N–H and O–H groups in total. The number of halogens is 1. The molecule has 0 aliphatic rings. The lowest BCUT2D eigenvalue weighted by Gasteiger charge is -2.11. The van der Waals surface area contributed by atoms with Crippen LogP contribution in [0.1, 0.15) is 0 Å². The molecule has 0 spiro atoms. The van der Waals surface area contributed by atoms with Gasteiger partial charge < -0.3 is 0 Å². The molecule has 2 heteroatoms. The molecule has 2 aromatic rings. The molecule has 0 fully saturated rings. The third kappa shape index (κ3) is 2.38. The van der Waals surface area contributed by atoms with Crippen molar-refractivity contribution in [1.82, 2.24) is 0 Å². The Morgan fingerprint density at radius 1 is 0.875 bits per heavy atom. The minimum atomic E-state index is 0.555. The monoisotopic (exact) mass is 272 g/mol. The Morgan fingerprint density at radius 2 is 1.50 bits per heavy atom. The summed E-state index contributed by atoms with van der Waals surface area (Å²) in [6.07, 6.45) is 0. The van der Waals surface area contributed by atoms with Gasteiger partial charge in [-0.15, -0.1) is 0 Å². The summed E-state index contributed by atoms with van der Waals surface area (Å²) in [6.45, 7) is 5.02. The van der Waals surface area contributed by atoms with Crippen molar-refractivity contribution in [3.8, 4) is 11.1 Å². The number of hydrogen-bond donors (Lipinski definition) is 0. The van der Waals surface area contributed by atoms with Crippen molar-refractivity contribution in [2.75, 3.05) is 0 Å². The average Bonchev–Trinajstić information content (AvgIpc) is 2.30. The molecule has 16 heavy (non-hydrogen) atoms. The van der Waals surface area contributed by atoms with Gasteiger partial charge in [-0.3, -0.25) is 0 Å². The molecule has 0 aromatic heterocycles. The van der Waals surface area contributed by atoms with Crippen LogP contribution < -0.4 is 5.46 Å². The van der Waals surface area contributed by atoms with Crippen LogP contribution in [0.4, 0.5) is 0 Å². The van der Waals surface area contributed by atoms with Crippen molar-refractivity contribution < 1.29 is 0 Å². The van der Waals surface area contributed by atoms with E-state index in [1.165, 1.54) is 16.6 Å². The Labute approximate surface area is 106 Å². The second-order valence-corrected chi connectivity index (χ2v) is 5.16. The van der Waals surface area contributed by atoms with Crippen molar-refractivity contribution >= 4 is 28.1 Å². The molecular formula is C14H14BBr. The Bertz CT molecular complexity index is 474. The minimum absolute atomic E-state index is 0.555. The third-order valence-electron chi connectivity index (χ3n) is 2.74. The van der Waals surface area contributed by atoms with Crippen molar-refractivity contribution in [3.05, 3.63) is 53.0 Å². The topological polar surface area (TPSA) is 0 Å². The number of benzene rings is 2. The molecule has 0 atom stereocenters. The predicted molar refractivity (Wildman–Crippen MR) is 76.7 cm³/mol. The molecule has 0 saturated heterocycles. The highest BCUT2D eigenvalue weighted by Crippen LogP contribution is 2.20. The lowest BCUT2D eigenvalue weighted by Crippen LogP contribution is -2.24. The SMILES string of the molecule is CB(C)c1ccccc1-c1ccc(Br)cc1. The standard InChI is InChI=1S/C14H14BBr/c1-15(2)14-6-4-3-5-13(14)11-7-9-12(16)10-8-11/h3-10H,1-2H3. The lowest BCUT2D eigenvalue weighted by atomic mass is 9.48. The highest BCUT2D eigenvalue weighted by atomic mass is 79.9. The molecular weight excluding hydrogens is 259 g/mol. The first-order chi connectivity index (χ1) is 7.68. The molecule has 0 bridgehead atoms. The number of hydrogen-bond acceptors (Lipinski definition) is 0. The fourth-order valence-electron chi connectivity index (χ4n) is 1.89. The zero-order valence-electron chi connectivity index (χ0n) is 9.57. The summed E-state index contributed by atoms with van der Waals surface area (Å²) in [5, 5.41) is 0. The molecule has 0 aliphatic carbocycles. The van der Waals surface area contributed by atoms with E-state index >= 15 is 0 Å². The Hall–Kier alpha value is -1.02. The zero-order chi connectivity index (χ0) is 11.5. The van der Waals surface area contributed by atoms with E-state index in [-0.39, 0.29) is 0 Å². The summed E-state index contributed by atoms with van der Waals surface area (Å²) in [6, 6.07) is 17.1. The first-order valence-corrected chi connectivity index (χ1v) is 6.32. The molecule has 0 amide bonds. The third-order valence-corrected chi connectivity index (χ3v) is 3.27. The second kappa shape index (κ2) is 4.88. The van der Waals surface area contributed by atoms with Crippen molar-refractivity contribution in [2.24, 2.45) is 0 Å². The van der Waals surface area contributed by atoms with Crippen molar-refractivity contribution in [2.45, 2.75) is 13.6 Å². The summed E-state index contributed by atoms with van der Waals surface area (Å²) in [5.41, 5.74) is 4.03. The van der Waals surface area contributed by atoms with Gasteiger partial charge in [-0.2, -0.15) is 0 Å². The van der Waals surface area contributed by atoms with Gasteiger partial charge in [-0.1, -0.05) is 71.4 Å². The van der Waals surface area contributed by atoms with E-state index in [1.54, 1.807) is 0 Å². The molecule has 0 heterocycles. The van der Waals surface area contributed by atoms with E-state index in [1.807, 2.05) is 0 Å². The maximum absolute atomic E-state index is 3.47. The van der Waals surface area contributed by atoms with Gasteiger partial charge in [0.2, 0.25) is 0 Å². The fraction of sp³-hybridized carbons (Fsp3) is 0.143. The molecule has 0 aliphatic heterocycles. The van der Waals surface area contributed by atoms with Crippen molar-refractivity contribution in [3.63, 3.8) is 0 Å². The van der Waals surface area contributed by atoms with Gasteiger partial charge in [0.1, 0.15) is 0 Å². The smallest absolute Gasteiger partial charge is 0.0819 e. The first kappa shape index (κ1) is 11.5. The molecule has 80 valence electrons. The van der Waals surface area contributed by atoms with Crippen LogP contribution in [0.3, 0.4) is 0 Å². The number of rotatable bonds is 2. The molecule has 0 radical (unpaired) electrons. The second-order valence-electron chi connectivity index (χ2n) is 4.25. The largest absolute Gasteiger partial charge is 0.170 e. The maximum atomic E-state index is 3.47. The summed E-state index contributed by atoms with van der Waals surface area (Å²) in [5.74, 6) is 0. The average molecular weight is 273 g/mol. The summed E-state index contributed by atoms with van der Waals surface area (Å²) < 4.78 is 1.12. The van der Waals surface area contributed by atoms with E-state index in [0.29, 0.717) is 6.71 Å². The summed E-state index contributed by atoms with van der Waals surface area (Å²) in [7, 11) is 0. The van der Waals surface area contributed by atoms with E-state index in [9.17, 15) is 0 Å². The Kier molecular flexibility index (Phi) is 3.50. The van der Waals surface area contributed by atoms with Gasteiger partial charge >= 0.3 is 0 Å². The van der Waals surface area contributed by atoms with Crippen LogP contribution in [0.15, 0.2) is 53.0 Å². The van der Waals surface area contributed by atoms with Gasteiger partial charge in [-0.25, -0.2) is 0 Å². The summed E-state index contributed by atoms with van der Waals surface area (Å²) >= 11 is 3.47. The van der Waals surface area contributed by atoms with Crippen LogP contribution in [0.5, 0.6) is 0 Å². The minimum Gasteiger partial charge on any atom is -0.0819 e. The Morgan fingerprint density at radius 3 is 2.12 bits per heavy atom. The zero-order valence-corrected chi connectivity index (χ0v) is 11.2. The van der Waals surface area contributed by atoms with Crippen LogP contribution in [0.25, 0.3) is 11.1 Å². The van der Waals surface area contributed by atoms with Crippen LogP contribution in [0.2, 0.25) is 13.6 Å². The highest BCUT2D eigenvalue weighted by molar-refractivity contribution is 9.10. The van der Waals surface area contributed by atoms with E-state index in [4.69, 9.17) is 0 Å². The molecule has 2 rings (SSSR count). The quantitative estimate of drug-likeness (QED) is 0.723. The molecule has 0 nitrogen and oxygen atoms in total. The molecule has 2 aromatic carbocycles. The van der Waals surface area contributed by atoms with Crippen LogP contribution in [-0.4, -0.2) is 6.71 Å². The van der Waals surface area contributed by atoms with Gasteiger partial charge in [0.25, 0.3) is 0 Å². The van der Waals surface area contributed by atoms with Crippen LogP contribution in [0, 0.1) is 0 Å². The lowest BCUT2D eigenvalue weighted by molar-refractivity contribution is 1.61. The Balaban J connectivity index is 2.51. The van der Waals surface area contributed by atoms with E-state index in [2.05, 4.69) is 78.1 Å². The highest BCUT2D eigenvalue weighted by Gasteiger charge is 2.09. The predicted octanol–water partition coefficient (Wildman–Crippen LogP) is 4.08. The maximum Gasteiger partial charge on any atom is 0.170 e. The van der Waals surface area contributed by atoms with Gasteiger partial charge in [0.15, 0.2) is 6.71 Å². The van der Waals surface area contributed by atoms with Gasteiger partial charge in [-0.05, 0) is 23.3 Å².